The number of methoxy groups -OCH3 is 1. The molecule has 2 aromatic rings. The van der Waals surface area contributed by atoms with Crippen molar-refractivity contribution < 1.29 is 9.53 Å². The first-order valence-corrected chi connectivity index (χ1v) is 8.10. The molecule has 0 atom stereocenters. The second-order valence-corrected chi connectivity index (χ2v) is 5.82. The van der Waals surface area contributed by atoms with Crippen LogP contribution in [0.25, 0.3) is 0 Å². The molecule has 136 valence electrons. The van der Waals surface area contributed by atoms with E-state index in [1.54, 1.807) is 30.3 Å². The summed E-state index contributed by atoms with van der Waals surface area (Å²) in [6, 6.07) is 14.6. The van der Waals surface area contributed by atoms with Gasteiger partial charge in [0.2, 0.25) is 0 Å². The highest BCUT2D eigenvalue weighted by atomic mass is 16.5. The predicted molar refractivity (Wildman–Crippen MR) is 103 cm³/mol. The number of nitrogens with zero attached hydrogens (tertiary/aromatic N) is 1. The van der Waals surface area contributed by atoms with E-state index in [-0.39, 0.29) is 24.2 Å². The zero-order valence-electron chi connectivity index (χ0n) is 14.7. The standard InChI is InChI=1S/C19H23N5O2/c1-26-17(25)12-24(16-4-2-3-15(11-16)19(22)23)10-9-13-5-7-14(8-6-13)18(20)21/h2-8,11H,9-10,12H2,1H3,(H3,20,21)(H3,22,23). The first-order chi connectivity index (χ1) is 12.4. The van der Waals surface area contributed by atoms with Crippen molar-refractivity contribution in [3.8, 4) is 0 Å². The lowest BCUT2D eigenvalue weighted by atomic mass is 10.1. The normalized spacial score (nSPS) is 10.2. The van der Waals surface area contributed by atoms with Gasteiger partial charge in [0, 0.05) is 23.4 Å². The number of hydrogen-bond donors (Lipinski definition) is 4. The molecule has 0 saturated heterocycles. The maximum atomic E-state index is 11.8. The second-order valence-electron chi connectivity index (χ2n) is 5.82. The molecular weight excluding hydrogens is 330 g/mol. The van der Waals surface area contributed by atoms with Crippen LogP contribution in [0.1, 0.15) is 16.7 Å². The summed E-state index contributed by atoms with van der Waals surface area (Å²) in [6.07, 6.45) is 0.694. The largest absolute Gasteiger partial charge is 0.468 e. The number of carbonyl (C=O) groups excluding carboxylic acids is 1. The van der Waals surface area contributed by atoms with Gasteiger partial charge in [0.05, 0.1) is 7.11 Å². The van der Waals surface area contributed by atoms with Gasteiger partial charge in [0.15, 0.2) is 0 Å². The molecule has 7 nitrogen and oxygen atoms in total. The van der Waals surface area contributed by atoms with Crippen molar-refractivity contribution in [2.24, 2.45) is 11.5 Å². The minimum absolute atomic E-state index is 0.0234. The number of nitrogens with one attached hydrogen (secondary N) is 2. The summed E-state index contributed by atoms with van der Waals surface area (Å²) in [5.74, 6) is -0.334. The number of rotatable bonds is 8. The summed E-state index contributed by atoms with van der Waals surface area (Å²) in [5, 5.41) is 15.0. The van der Waals surface area contributed by atoms with E-state index in [0.717, 1.165) is 11.3 Å². The highest BCUT2D eigenvalue weighted by Gasteiger charge is 2.13. The third-order valence-electron chi connectivity index (χ3n) is 4.01. The fourth-order valence-corrected chi connectivity index (χ4v) is 2.51. The van der Waals surface area contributed by atoms with Crippen molar-refractivity contribution in [1.82, 2.24) is 0 Å². The Morgan fingerprint density at radius 3 is 2.27 bits per heavy atom. The van der Waals surface area contributed by atoms with Gasteiger partial charge in [0.1, 0.15) is 18.2 Å². The first kappa shape index (κ1) is 19.0. The van der Waals surface area contributed by atoms with E-state index in [2.05, 4.69) is 0 Å². The van der Waals surface area contributed by atoms with Gasteiger partial charge in [-0.25, -0.2) is 0 Å². The van der Waals surface area contributed by atoms with E-state index < -0.39 is 0 Å². The van der Waals surface area contributed by atoms with Crippen LogP contribution in [0.3, 0.4) is 0 Å². The summed E-state index contributed by atoms with van der Waals surface area (Å²) in [5.41, 5.74) is 14.2. The Balaban J connectivity index is 2.16. The van der Waals surface area contributed by atoms with E-state index >= 15 is 0 Å². The van der Waals surface area contributed by atoms with Gasteiger partial charge >= 0.3 is 5.97 Å². The van der Waals surface area contributed by atoms with E-state index in [9.17, 15) is 4.79 Å². The fraction of sp³-hybridized carbons (Fsp3) is 0.211. The molecule has 0 aliphatic heterocycles. The number of ether oxygens (including phenoxy) is 1. The summed E-state index contributed by atoms with van der Waals surface area (Å²) >= 11 is 0. The minimum atomic E-state index is -0.342. The number of nitrogen functional groups attached to an aromatic ring is 2. The van der Waals surface area contributed by atoms with Crippen molar-refractivity contribution >= 4 is 23.3 Å². The number of carbonyl (C=O) groups is 1. The molecule has 0 spiro atoms. The average Bonchev–Trinajstić information content (AvgIpc) is 2.65. The molecule has 0 heterocycles. The van der Waals surface area contributed by atoms with Crippen LogP contribution in [0.4, 0.5) is 5.69 Å². The lowest BCUT2D eigenvalue weighted by molar-refractivity contribution is -0.138. The van der Waals surface area contributed by atoms with Gasteiger partial charge in [-0.3, -0.25) is 15.6 Å². The maximum absolute atomic E-state index is 11.8. The van der Waals surface area contributed by atoms with E-state index in [1.807, 2.05) is 23.1 Å². The molecular formula is C19H23N5O2. The predicted octanol–water partition coefficient (Wildman–Crippen LogP) is 1.48. The highest BCUT2D eigenvalue weighted by Crippen LogP contribution is 2.17. The average molecular weight is 353 g/mol. The molecule has 6 N–H and O–H groups in total. The van der Waals surface area contributed by atoms with Crippen LogP contribution in [-0.4, -0.2) is 37.8 Å². The third kappa shape index (κ3) is 5.07. The van der Waals surface area contributed by atoms with E-state index in [4.69, 9.17) is 27.0 Å². The molecule has 0 aliphatic rings. The van der Waals surface area contributed by atoms with Crippen molar-refractivity contribution in [2.45, 2.75) is 6.42 Å². The van der Waals surface area contributed by atoms with Gasteiger partial charge < -0.3 is 21.1 Å². The zero-order chi connectivity index (χ0) is 19.1. The lowest BCUT2D eigenvalue weighted by Gasteiger charge is -2.24. The first-order valence-electron chi connectivity index (χ1n) is 8.10. The Kier molecular flexibility index (Phi) is 6.32. The molecule has 0 bridgehead atoms. The van der Waals surface area contributed by atoms with Gasteiger partial charge in [-0.1, -0.05) is 36.4 Å². The SMILES string of the molecule is COC(=O)CN(CCc1ccc(C(=N)N)cc1)c1cccc(C(=N)N)c1. The monoisotopic (exact) mass is 353 g/mol. The Morgan fingerprint density at radius 1 is 1.04 bits per heavy atom. The van der Waals surface area contributed by atoms with Crippen LogP contribution in [0.15, 0.2) is 48.5 Å². The zero-order valence-corrected chi connectivity index (χ0v) is 14.7. The number of benzene rings is 2. The van der Waals surface area contributed by atoms with Crippen LogP contribution in [-0.2, 0) is 16.0 Å². The Morgan fingerprint density at radius 2 is 1.69 bits per heavy atom. The van der Waals surface area contributed by atoms with Crippen molar-refractivity contribution in [3.63, 3.8) is 0 Å². The molecule has 0 radical (unpaired) electrons. The summed E-state index contributed by atoms with van der Waals surface area (Å²) in [4.78, 5) is 13.7. The number of amidine groups is 2. The lowest BCUT2D eigenvalue weighted by Crippen LogP contribution is -2.32. The van der Waals surface area contributed by atoms with Crippen LogP contribution in [0, 0.1) is 10.8 Å². The summed E-state index contributed by atoms with van der Waals surface area (Å²) in [7, 11) is 1.35. The number of anilines is 1. The summed E-state index contributed by atoms with van der Waals surface area (Å²) in [6.45, 7) is 0.680. The molecule has 2 rings (SSSR count). The van der Waals surface area contributed by atoms with Crippen LogP contribution >= 0.6 is 0 Å². The molecule has 0 saturated carbocycles. The Hall–Kier alpha value is -3.35. The molecule has 0 amide bonds. The van der Waals surface area contributed by atoms with Gasteiger partial charge in [0.25, 0.3) is 0 Å². The maximum Gasteiger partial charge on any atom is 0.325 e. The number of esters is 1. The Labute approximate surface area is 152 Å². The number of nitrogens with two attached hydrogens (primary N) is 2. The summed E-state index contributed by atoms with van der Waals surface area (Å²) < 4.78 is 4.79. The van der Waals surface area contributed by atoms with E-state index in [1.165, 1.54) is 7.11 Å². The Bertz CT molecular complexity index is 802. The third-order valence-corrected chi connectivity index (χ3v) is 4.01. The molecule has 7 heteroatoms. The molecule has 0 aromatic heterocycles. The topological polar surface area (TPSA) is 129 Å². The van der Waals surface area contributed by atoms with Crippen LogP contribution in [0.5, 0.6) is 0 Å². The minimum Gasteiger partial charge on any atom is -0.468 e. The van der Waals surface area contributed by atoms with Gasteiger partial charge in [-0.2, -0.15) is 0 Å². The van der Waals surface area contributed by atoms with Crippen molar-refractivity contribution in [1.29, 1.82) is 10.8 Å². The fourth-order valence-electron chi connectivity index (χ4n) is 2.51. The number of hydrogen-bond acceptors (Lipinski definition) is 5. The molecule has 0 fully saturated rings. The van der Waals surface area contributed by atoms with Crippen molar-refractivity contribution in [2.75, 3.05) is 25.1 Å². The highest BCUT2D eigenvalue weighted by molar-refractivity contribution is 5.96. The molecule has 26 heavy (non-hydrogen) atoms. The van der Waals surface area contributed by atoms with E-state index in [0.29, 0.717) is 24.1 Å². The smallest absolute Gasteiger partial charge is 0.325 e. The van der Waals surface area contributed by atoms with Gasteiger partial charge in [-0.05, 0) is 24.1 Å². The van der Waals surface area contributed by atoms with Crippen molar-refractivity contribution in [3.05, 3.63) is 65.2 Å². The molecule has 2 aromatic carbocycles. The quantitative estimate of drug-likeness (QED) is 0.324. The van der Waals surface area contributed by atoms with Crippen LogP contribution < -0.4 is 16.4 Å². The molecule has 0 unspecified atom stereocenters. The van der Waals surface area contributed by atoms with Gasteiger partial charge in [-0.15, -0.1) is 0 Å². The molecule has 0 aliphatic carbocycles. The van der Waals surface area contributed by atoms with Crippen LogP contribution in [0.2, 0.25) is 0 Å². The second kappa shape index (κ2) is 8.66.